The Kier molecular flexibility index (Phi) is 4.65. The summed E-state index contributed by atoms with van der Waals surface area (Å²) in [7, 11) is 2.81. The molecule has 2 aromatic rings. The molecular weight excluding hydrogens is 304 g/mol. The Bertz CT molecular complexity index is 641. The van der Waals surface area contributed by atoms with Crippen molar-refractivity contribution in [2.24, 2.45) is 7.05 Å². The van der Waals surface area contributed by atoms with E-state index in [1.54, 1.807) is 7.05 Å². The van der Waals surface area contributed by atoms with Gasteiger partial charge in [-0.15, -0.1) is 0 Å². The van der Waals surface area contributed by atoms with E-state index in [1.807, 2.05) is 0 Å². The van der Waals surface area contributed by atoms with Gasteiger partial charge < -0.3 is 4.74 Å². The highest BCUT2D eigenvalue weighted by Crippen LogP contribution is 2.34. The Balaban J connectivity index is 2.23. The van der Waals surface area contributed by atoms with Gasteiger partial charge in [0.1, 0.15) is 18.2 Å². The molecule has 9 heteroatoms. The highest BCUT2D eigenvalue weighted by atomic mass is 19.4. The van der Waals surface area contributed by atoms with Gasteiger partial charge in [0.15, 0.2) is 11.6 Å². The molecule has 0 aliphatic carbocycles. The van der Waals surface area contributed by atoms with Crippen LogP contribution >= 0.6 is 0 Å². The van der Waals surface area contributed by atoms with Gasteiger partial charge in [-0.3, -0.25) is 10.00 Å². The molecule has 120 valence electrons. The molecular formula is C13H14F4N4O. The number of nitrogens with zero attached hydrogens (tertiary/aromatic N) is 3. The first-order valence-electron chi connectivity index (χ1n) is 6.29. The Labute approximate surface area is 123 Å². The van der Waals surface area contributed by atoms with Gasteiger partial charge in [-0.25, -0.2) is 9.37 Å². The number of aromatic nitrogens is 3. The molecule has 1 aromatic carbocycles. The lowest BCUT2D eigenvalue weighted by molar-refractivity contribution is -0.158. The molecule has 0 amide bonds. The number of alkyl halides is 3. The number of halogens is 4. The van der Waals surface area contributed by atoms with Crippen molar-refractivity contribution in [1.82, 2.24) is 20.1 Å². The van der Waals surface area contributed by atoms with E-state index in [1.165, 1.54) is 24.2 Å². The Morgan fingerprint density at radius 1 is 1.36 bits per heavy atom. The van der Waals surface area contributed by atoms with Gasteiger partial charge in [-0.2, -0.15) is 18.3 Å². The largest absolute Gasteiger partial charge is 0.494 e. The highest BCUT2D eigenvalue weighted by molar-refractivity contribution is 5.31. The molecule has 1 aromatic heterocycles. The van der Waals surface area contributed by atoms with Gasteiger partial charge >= 0.3 is 6.18 Å². The maximum atomic E-state index is 13.6. The van der Waals surface area contributed by atoms with Crippen LogP contribution in [-0.2, 0) is 13.6 Å². The Hall–Kier alpha value is -2.16. The molecule has 1 atom stereocenters. The Morgan fingerprint density at radius 2 is 2.09 bits per heavy atom. The molecule has 0 aliphatic heterocycles. The van der Waals surface area contributed by atoms with Crippen LogP contribution in [0.3, 0.4) is 0 Å². The lowest BCUT2D eigenvalue weighted by Crippen LogP contribution is -2.34. The van der Waals surface area contributed by atoms with Gasteiger partial charge in [0.2, 0.25) is 0 Å². The standard InChI is InChI=1S/C13H14F4N4O/c1-21-11(19-7-20-21)6-18-12(13(15,16)17)8-3-4-10(22-2)9(14)5-8/h3-5,7,12,18H,6H2,1-2H3/t12-/m1/s1. The molecule has 0 radical (unpaired) electrons. The molecule has 0 bridgehead atoms. The fourth-order valence-corrected chi connectivity index (χ4v) is 1.96. The second-order valence-corrected chi connectivity index (χ2v) is 4.55. The van der Waals surface area contributed by atoms with Crippen molar-refractivity contribution in [2.75, 3.05) is 7.11 Å². The lowest BCUT2D eigenvalue weighted by Gasteiger charge is -2.22. The van der Waals surface area contributed by atoms with E-state index in [4.69, 9.17) is 4.74 Å². The molecule has 1 heterocycles. The minimum Gasteiger partial charge on any atom is -0.494 e. The normalized spacial score (nSPS) is 13.2. The van der Waals surface area contributed by atoms with E-state index < -0.39 is 18.0 Å². The maximum Gasteiger partial charge on any atom is 0.407 e. The first-order chi connectivity index (χ1) is 10.3. The highest BCUT2D eigenvalue weighted by Gasteiger charge is 2.41. The summed E-state index contributed by atoms with van der Waals surface area (Å²) in [5.74, 6) is -0.629. The molecule has 5 nitrogen and oxygen atoms in total. The third kappa shape index (κ3) is 3.53. The second-order valence-electron chi connectivity index (χ2n) is 4.55. The smallest absolute Gasteiger partial charge is 0.407 e. The molecule has 0 fully saturated rings. The van der Waals surface area contributed by atoms with Crippen LogP contribution in [0.5, 0.6) is 5.75 Å². The Morgan fingerprint density at radius 3 is 2.59 bits per heavy atom. The zero-order valence-electron chi connectivity index (χ0n) is 11.9. The van der Waals surface area contributed by atoms with Crippen LogP contribution in [0.4, 0.5) is 17.6 Å². The van der Waals surface area contributed by atoms with Crippen molar-refractivity contribution in [3.63, 3.8) is 0 Å². The van der Waals surface area contributed by atoms with E-state index in [9.17, 15) is 17.6 Å². The average molecular weight is 318 g/mol. The quantitative estimate of drug-likeness (QED) is 0.860. The summed E-state index contributed by atoms with van der Waals surface area (Å²) >= 11 is 0. The van der Waals surface area contributed by atoms with Crippen LogP contribution in [0.2, 0.25) is 0 Å². The van der Waals surface area contributed by atoms with Crippen molar-refractivity contribution in [3.8, 4) is 5.75 Å². The van der Waals surface area contributed by atoms with E-state index in [0.717, 1.165) is 12.1 Å². The number of aryl methyl sites for hydroxylation is 1. The zero-order valence-corrected chi connectivity index (χ0v) is 11.9. The molecule has 0 saturated carbocycles. The summed E-state index contributed by atoms with van der Waals surface area (Å²) in [6, 6.07) is 1.11. The summed E-state index contributed by atoms with van der Waals surface area (Å²) in [4.78, 5) is 3.84. The first-order valence-corrected chi connectivity index (χ1v) is 6.29. The fraction of sp³-hybridized carbons (Fsp3) is 0.385. The summed E-state index contributed by atoms with van der Waals surface area (Å²) in [5, 5.41) is 6.10. The van der Waals surface area contributed by atoms with E-state index in [0.29, 0.717) is 5.82 Å². The molecule has 2 rings (SSSR count). The number of hydrogen-bond acceptors (Lipinski definition) is 4. The van der Waals surface area contributed by atoms with Crippen LogP contribution in [0, 0.1) is 5.82 Å². The van der Waals surface area contributed by atoms with Crippen LogP contribution in [0.25, 0.3) is 0 Å². The fourth-order valence-electron chi connectivity index (χ4n) is 1.96. The first kappa shape index (κ1) is 16.2. The molecule has 1 N–H and O–H groups in total. The zero-order chi connectivity index (χ0) is 16.3. The van der Waals surface area contributed by atoms with Crippen molar-refractivity contribution in [3.05, 3.63) is 41.7 Å². The van der Waals surface area contributed by atoms with Crippen LogP contribution in [0.15, 0.2) is 24.5 Å². The van der Waals surface area contributed by atoms with Crippen LogP contribution in [-0.4, -0.2) is 28.1 Å². The molecule has 0 aliphatic rings. The third-order valence-corrected chi connectivity index (χ3v) is 3.11. The number of rotatable bonds is 5. The van der Waals surface area contributed by atoms with Crippen molar-refractivity contribution >= 4 is 0 Å². The van der Waals surface area contributed by atoms with Crippen LogP contribution in [0.1, 0.15) is 17.4 Å². The van der Waals surface area contributed by atoms with Gasteiger partial charge in [0, 0.05) is 7.05 Å². The molecule has 0 saturated heterocycles. The number of ether oxygens (including phenoxy) is 1. The van der Waals surface area contributed by atoms with Crippen molar-refractivity contribution in [1.29, 1.82) is 0 Å². The van der Waals surface area contributed by atoms with E-state index in [-0.39, 0.29) is 17.9 Å². The molecule has 0 unspecified atom stereocenters. The molecule has 0 spiro atoms. The summed E-state index contributed by atoms with van der Waals surface area (Å²) in [6.45, 7) is -0.158. The second kappa shape index (κ2) is 6.30. The minimum absolute atomic E-state index is 0.113. The number of benzene rings is 1. The SMILES string of the molecule is COc1ccc([C@@H](NCc2ncnn2C)C(F)(F)F)cc1F. The lowest BCUT2D eigenvalue weighted by atomic mass is 10.1. The molecule has 22 heavy (non-hydrogen) atoms. The minimum atomic E-state index is -4.58. The van der Waals surface area contributed by atoms with Gasteiger partial charge in [-0.05, 0) is 17.7 Å². The monoisotopic (exact) mass is 318 g/mol. The average Bonchev–Trinajstić information content (AvgIpc) is 2.83. The van der Waals surface area contributed by atoms with Gasteiger partial charge in [0.25, 0.3) is 0 Å². The summed E-state index contributed by atoms with van der Waals surface area (Å²) in [6.07, 6.45) is -3.34. The van der Waals surface area contributed by atoms with E-state index in [2.05, 4.69) is 15.4 Å². The number of methoxy groups -OCH3 is 1. The maximum absolute atomic E-state index is 13.6. The predicted molar refractivity (Wildman–Crippen MR) is 69.6 cm³/mol. The third-order valence-electron chi connectivity index (χ3n) is 3.11. The van der Waals surface area contributed by atoms with Gasteiger partial charge in [0.05, 0.1) is 13.7 Å². The summed E-state index contributed by atoms with van der Waals surface area (Å²) < 4.78 is 59.3. The van der Waals surface area contributed by atoms with Crippen LogP contribution < -0.4 is 10.1 Å². The summed E-state index contributed by atoms with van der Waals surface area (Å²) in [5.41, 5.74) is -0.243. The van der Waals surface area contributed by atoms with Crippen molar-refractivity contribution in [2.45, 2.75) is 18.8 Å². The number of nitrogens with one attached hydrogen (secondary N) is 1. The topological polar surface area (TPSA) is 52.0 Å². The van der Waals surface area contributed by atoms with Crippen molar-refractivity contribution < 1.29 is 22.3 Å². The number of hydrogen-bond donors (Lipinski definition) is 1. The predicted octanol–water partition coefficient (Wildman–Crippen LogP) is 2.36. The van der Waals surface area contributed by atoms with Gasteiger partial charge in [-0.1, -0.05) is 6.07 Å². The van der Waals surface area contributed by atoms with E-state index >= 15 is 0 Å².